The highest BCUT2D eigenvalue weighted by Gasteiger charge is 2.26. The molecule has 1 aliphatic rings. The topological polar surface area (TPSA) is 45.6 Å². The second-order valence-corrected chi connectivity index (χ2v) is 7.19. The fourth-order valence-corrected chi connectivity index (χ4v) is 4.05. The van der Waals surface area contributed by atoms with Crippen LogP contribution in [-0.4, -0.2) is 41.8 Å². The molecule has 23 heavy (non-hydrogen) atoms. The lowest BCUT2D eigenvalue weighted by molar-refractivity contribution is 0.107. The number of rotatable bonds is 6. The molecular weight excluding hydrogens is 308 g/mol. The molecule has 0 aliphatic heterocycles. The number of aliphatic hydroxyl groups is 1. The minimum atomic E-state index is -0.125. The fourth-order valence-electron chi connectivity index (χ4n) is 3.24. The molecule has 0 spiro atoms. The summed E-state index contributed by atoms with van der Waals surface area (Å²) in [7, 11) is 3.79. The van der Waals surface area contributed by atoms with Crippen molar-refractivity contribution in [1.82, 2.24) is 9.88 Å². The quantitative estimate of drug-likeness (QED) is 0.880. The first kappa shape index (κ1) is 16.4. The van der Waals surface area contributed by atoms with E-state index >= 15 is 0 Å². The van der Waals surface area contributed by atoms with Crippen LogP contribution in [0.5, 0.6) is 5.75 Å². The first-order valence-corrected chi connectivity index (χ1v) is 8.99. The van der Waals surface area contributed by atoms with Gasteiger partial charge in [-0.2, -0.15) is 0 Å². The molecule has 0 amide bonds. The van der Waals surface area contributed by atoms with Gasteiger partial charge >= 0.3 is 0 Å². The molecule has 3 rings (SSSR count). The molecule has 1 fully saturated rings. The summed E-state index contributed by atoms with van der Waals surface area (Å²) in [5, 5.41) is 13.1. The fraction of sp³-hybridized carbons (Fsp3) is 0.500. The lowest BCUT2D eigenvalue weighted by Gasteiger charge is -2.22. The van der Waals surface area contributed by atoms with Gasteiger partial charge in [0, 0.05) is 24.0 Å². The number of thiazole rings is 1. The van der Waals surface area contributed by atoms with E-state index in [0.717, 1.165) is 54.4 Å². The molecule has 1 aromatic heterocycles. The van der Waals surface area contributed by atoms with E-state index in [0.29, 0.717) is 5.92 Å². The van der Waals surface area contributed by atoms with Crippen LogP contribution in [0.4, 0.5) is 0 Å². The molecular formula is C18H24N2O2S. The lowest BCUT2D eigenvalue weighted by Crippen LogP contribution is -2.29. The van der Waals surface area contributed by atoms with E-state index in [-0.39, 0.29) is 6.10 Å². The van der Waals surface area contributed by atoms with Crippen molar-refractivity contribution in [3.8, 4) is 16.3 Å². The Morgan fingerprint density at radius 1 is 1.39 bits per heavy atom. The normalized spacial score (nSPS) is 21.0. The van der Waals surface area contributed by atoms with Gasteiger partial charge < -0.3 is 14.7 Å². The van der Waals surface area contributed by atoms with Gasteiger partial charge in [0.15, 0.2) is 0 Å². The van der Waals surface area contributed by atoms with Crippen LogP contribution in [0.1, 0.15) is 25.0 Å². The summed E-state index contributed by atoms with van der Waals surface area (Å²) in [5.41, 5.74) is 2.18. The van der Waals surface area contributed by atoms with Crippen LogP contribution in [0.2, 0.25) is 0 Å². The summed E-state index contributed by atoms with van der Waals surface area (Å²) in [6.45, 7) is 1.76. The summed E-state index contributed by atoms with van der Waals surface area (Å²) in [6.07, 6.45) is 3.11. The van der Waals surface area contributed by atoms with Gasteiger partial charge in [-0.1, -0.05) is 18.6 Å². The largest absolute Gasteiger partial charge is 0.497 e. The van der Waals surface area contributed by atoms with E-state index < -0.39 is 0 Å². The van der Waals surface area contributed by atoms with E-state index in [2.05, 4.69) is 23.4 Å². The number of aliphatic hydroxyl groups excluding tert-OH is 1. The van der Waals surface area contributed by atoms with Crippen molar-refractivity contribution in [2.45, 2.75) is 31.9 Å². The second kappa shape index (κ2) is 7.43. The van der Waals surface area contributed by atoms with Crippen molar-refractivity contribution >= 4 is 11.3 Å². The van der Waals surface area contributed by atoms with Crippen LogP contribution >= 0.6 is 11.3 Å². The van der Waals surface area contributed by atoms with Crippen LogP contribution in [0, 0.1) is 5.92 Å². The van der Waals surface area contributed by atoms with E-state index in [4.69, 9.17) is 9.72 Å². The Labute approximate surface area is 141 Å². The van der Waals surface area contributed by atoms with Crippen LogP contribution in [0.25, 0.3) is 10.6 Å². The Morgan fingerprint density at radius 2 is 2.26 bits per heavy atom. The SMILES string of the molecule is COc1cccc(-c2nc(CN(C)CC3CCCC3O)cs2)c1. The Bertz CT molecular complexity index is 643. The zero-order valence-electron chi connectivity index (χ0n) is 13.7. The highest BCUT2D eigenvalue weighted by molar-refractivity contribution is 7.13. The van der Waals surface area contributed by atoms with E-state index in [1.165, 1.54) is 0 Å². The maximum absolute atomic E-state index is 9.95. The van der Waals surface area contributed by atoms with Crippen LogP contribution in [-0.2, 0) is 6.54 Å². The first-order valence-electron chi connectivity index (χ1n) is 8.11. The van der Waals surface area contributed by atoms with Gasteiger partial charge in [-0.25, -0.2) is 4.98 Å². The maximum atomic E-state index is 9.95. The van der Waals surface area contributed by atoms with Gasteiger partial charge in [0.1, 0.15) is 10.8 Å². The van der Waals surface area contributed by atoms with Gasteiger partial charge in [-0.05, 0) is 37.9 Å². The molecule has 1 aliphatic carbocycles. The van der Waals surface area contributed by atoms with Crippen LogP contribution < -0.4 is 4.74 Å². The molecule has 1 N–H and O–H groups in total. The van der Waals surface area contributed by atoms with Gasteiger partial charge in [0.2, 0.25) is 0 Å². The van der Waals surface area contributed by atoms with Crippen LogP contribution in [0.3, 0.4) is 0 Å². The summed E-state index contributed by atoms with van der Waals surface area (Å²) < 4.78 is 5.28. The van der Waals surface area contributed by atoms with Crippen LogP contribution in [0.15, 0.2) is 29.6 Å². The molecule has 5 heteroatoms. The predicted octanol–water partition coefficient (Wildman–Crippen LogP) is 3.41. The van der Waals surface area contributed by atoms with Crippen molar-refractivity contribution in [3.63, 3.8) is 0 Å². The maximum Gasteiger partial charge on any atom is 0.123 e. The van der Waals surface area contributed by atoms with Gasteiger partial charge in [0.25, 0.3) is 0 Å². The number of nitrogens with zero attached hydrogens (tertiary/aromatic N) is 2. The standard InChI is InChI=1S/C18H24N2O2S/c1-20(10-14-6-4-8-17(14)21)11-15-12-23-18(19-15)13-5-3-7-16(9-13)22-2/h3,5,7,9,12,14,17,21H,4,6,8,10-11H2,1-2H3. The summed E-state index contributed by atoms with van der Waals surface area (Å²) in [4.78, 5) is 7.02. The van der Waals surface area contributed by atoms with Gasteiger partial charge in [-0.15, -0.1) is 11.3 Å². The summed E-state index contributed by atoms with van der Waals surface area (Å²) >= 11 is 1.66. The van der Waals surface area contributed by atoms with E-state index in [1.807, 2.05) is 18.2 Å². The molecule has 4 nitrogen and oxygen atoms in total. The van der Waals surface area contributed by atoms with Crippen molar-refractivity contribution in [3.05, 3.63) is 35.3 Å². The first-order chi connectivity index (χ1) is 11.2. The third-order valence-corrected chi connectivity index (χ3v) is 5.41. The molecule has 0 radical (unpaired) electrons. The zero-order valence-corrected chi connectivity index (χ0v) is 14.6. The minimum Gasteiger partial charge on any atom is -0.497 e. The molecule has 2 aromatic rings. The number of aromatic nitrogens is 1. The van der Waals surface area contributed by atoms with Gasteiger partial charge in [0.05, 0.1) is 18.9 Å². The van der Waals surface area contributed by atoms with Gasteiger partial charge in [-0.3, -0.25) is 0 Å². The average molecular weight is 332 g/mol. The molecule has 2 unspecified atom stereocenters. The number of methoxy groups -OCH3 is 1. The number of benzene rings is 1. The Kier molecular flexibility index (Phi) is 5.30. The van der Waals surface area contributed by atoms with Crippen molar-refractivity contribution in [2.75, 3.05) is 20.7 Å². The third kappa shape index (κ3) is 4.10. The number of hydrogen-bond donors (Lipinski definition) is 1. The number of ether oxygens (including phenoxy) is 1. The number of hydrogen-bond acceptors (Lipinski definition) is 5. The molecule has 0 bridgehead atoms. The molecule has 0 saturated heterocycles. The third-order valence-electron chi connectivity index (χ3n) is 4.47. The second-order valence-electron chi connectivity index (χ2n) is 6.33. The average Bonchev–Trinajstić information content (AvgIpc) is 3.17. The highest BCUT2D eigenvalue weighted by atomic mass is 32.1. The minimum absolute atomic E-state index is 0.125. The predicted molar refractivity (Wildman–Crippen MR) is 93.8 cm³/mol. The molecule has 124 valence electrons. The van der Waals surface area contributed by atoms with Crippen molar-refractivity contribution in [2.24, 2.45) is 5.92 Å². The molecule has 1 saturated carbocycles. The summed E-state index contributed by atoms with van der Waals surface area (Å²) in [6, 6.07) is 8.01. The smallest absolute Gasteiger partial charge is 0.123 e. The molecule has 2 atom stereocenters. The Hall–Kier alpha value is -1.43. The highest BCUT2D eigenvalue weighted by Crippen LogP contribution is 2.28. The van der Waals surface area contributed by atoms with Crippen molar-refractivity contribution in [1.29, 1.82) is 0 Å². The van der Waals surface area contributed by atoms with E-state index in [1.54, 1.807) is 18.4 Å². The molecule has 1 heterocycles. The van der Waals surface area contributed by atoms with Crippen molar-refractivity contribution < 1.29 is 9.84 Å². The monoisotopic (exact) mass is 332 g/mol. The summed E-state index contributed by atoms with van der Waals surface area (Å²) in [5.74, 6) is 1.27. The Morgan fingerprint density at radius 3 is 3.00 bits per heavy atom. The van der Waals surface area contributed by atoms with E-state index in [9.17, 15) is 5.11 Å². The molecule has 1 aromatic carbocycles. The lowest BCUT2D eigenvalue weighted by atomic mass is 10.1. The zero-order chi connectivity index (χ0) is 16.2. The Balaban J connectivity index is 1.62.